The van der Waals surface area contributed by atoms with Crippen molar-refractivity contribution in [2.75, 3.05) is 126 Å². The van der Waals surface area contributed by atoms with E-state index in [2.05, 4.69) is 42.2 Å². The third kappa shape index (κ3) is 27.7. The number of carboxylic acids is 2. The number of nitrogens with one attached hydrogen (secondary N) is 4. The molecule has 0 aromatic rings. The van der Waals surface area contributed by atoms with Crippen LogP contribution in [0.3, 0.4) is 0 Å². The number of nitrogens with two attached hydrogens (primary N) is 4. The largest absolute Gasteiger partial charge is 0.478 e. The van der Waals surface area contributed by atoms with Crippen LogP contribution in [0.1, 0.15) is 39.5 Å². The zero-order valence-corrected chi connectivity index (χ0v) is 47.3. The fourth-order valence-electron chi connectivity index (χ4n) is 8.37. The Morgan fingerprint density at radius 2 is 1.06 bits per heavy atom. The number of aliphatic carboxylic acids is 2. The molecule has 33 heteroatoms. The molecule has 0 aliphatic carbocycles. The molecule has 0 unspecified atom stereocenters. The quantitative estimate of drug-likeness (QED) is 0.0117. The molecule has 470 valence electrons. The third-order valence-electron chi connectivity index (χ3n) is 12.0. The fourth-order valence-corrected chi connectivity index (χ4v) is 8.37. The number of hydrogen-bond donors (Lipinski definition) is 14. The Labute approximate surface area is 481 Å². The number of carbonyl (C=O) groups is 6. The number of amides is 4. The predicted octanol–water partition coefficient (Wildman–Crippen LogP) is -6.80. The van der Waals surface area contributed by atoms with Crippen LogP contribution in [0.2, 0.25) is 0 Å². The summed E-state index contributed by atoms with van der Waals surface area (Å²) < 4.78 is 44.7. The van der Waals surface area contributed by atoms with Crippen LogP contribution in [0.5, 0.6) is 0 Å². The molecule has 2 aliphatic rings. The first-order valence-corrected chi connectivity index (χ1v) is 26.6. The van der Waals surface area contributed by atoms with Gasteiger partial charge in [0, 0.05) is 60.7 Å². The molecule has 2 aliphatic heterocycles. The van der Waals surface area contributed by atoms with Gasteiger partial charge in [0.25, 0.3) is 0 Å². The number of rotatable bonds is 41. The normalized spacial score (nSPS) is 20.0. The van der Waals surface area contributed by atoms with E-state index in [0.717, 1.165) is 12.2 Å². The van der Waals surface area contributed by atoms with Gasteiger partial charge in [-0.3, -0.25) is 24.2 Å². The van der Waals surface area contributed by atoms with Crippen LogP contribution in [-0.2, 0) is 66.7 Å². The highest BCUT2D eigenvalue weighted by Gasteiger charge is 2.47. The van der Waals surface area contributed by atoms with Gasteiger partial charge in [-0.05, 0) is 37.8 Å². The Kier molecular flexibility index (Phi) is 34.8. The van der Waals surface area contributed by atoms with Crippen LogP contribution in [-0.4, -0.2) is 281 Å². The molecule has 4 amide bonds. The predicted molar refractivity (Wildman–Crippen MR) is 295 cm³/mol. The van der Waals surface area contributed by atoms with Crippen molar-refractivity contribution < 1.29 is 97.3 Å². The molecule has 0 saturated heterocycles. The fraction of sp³-hybridized carbons (Fsp3) is 0.700. The van der Waals surface area contributed by atoms with Crippen molar-refractivity contribution in [3.63, 3.8) is 0 Å². The lowest BCUT2D eigenvalue weighted by molar-refractivity contribution is -0.158. The molecule has 0 fully saturated rings. The lowest BCUT2D eigenvalue weighted by atomic mass is 9.92. The first-order valence-electron chi connectivity index (χ1n) is 26.6. The van der Waals surface area contributed by atoms with E-state index in [4.69, 9.17) is 67.3 Å². The van der Waals surface area contributed by atoms with Crippen LogP contribution >= 0.6 is 0 Å². The topological polar surface area (TPSA) is 493 Å². The molecule has 10 atom stereocenters. The molecular weight excluding hydrogens is 1100 g/mol. The highest BCUT2D eigenvalue weighted by atomic mass is 16.6. The van der Waals surface area contributed by atoms with Gasteiger partial charge >= 0.3 is 11.9 Å². The monoisotopic (exact) mass is 1190 g/mol. The van der Waals surface area contributed by atoms with Crippen LogP contribution in [0, 0.1) is 12.3 Å². The minimum Gasteiger partial charge on any atom is -0.478 e. The lowest BCUT2D eigenvalue weighted by Gasteiger charge is -2.40. The van der Waals surface area contributed by atoms with Crippen LogP contribution in [0.15, 0.2) is 38.6 Å². The number of carboxylic acid groups (broad SMARTS) is 2. The molecular formula is C50H85N13O20. The van der Waals surface area contributed by atoms with Crippen molar-refractivity contribution in [1.29, 1.82) is 0 Å². The molecule has 83 heavy (non-hydrogen) atoms. The van der Waals surface area contributed by atoms with Gasteiger partial charge in [0.2, 0.25) is 35.1 Å². The van der Waals surface area contributed by atoms with Gasteiger partial charge < -0.3 is 123 Å². The summed E-state index contributed by atoms with van der Waals surface area (Å²) in [6.07, 6.45) is -0.401. The number of ether oxygens (including phenoxy) is 8. The number of hydrogen-bond acceptors (Lipinski definition) is 21. The minimum atomic E-state index is -1.73. The summed E-state index contributed by atoms with van der Waals surface area (Å²) in [5.41, 5.74) is 22.3. The summed E-state index contributed by atoms with van der Waals surface area (Å²) in [5.74, 6) is -4.70. The van der Waals surface area contributed by atoms with E-state index >= 15 is 0 Å². The van der Waals surface area contributed by atoms with E-state index in [-0.39, 0.29) is 19.7 Å². The Balaban J connectivity index is 2.11. The SMILES string of the molecule is C#CCOCCOCCOCCOCCN(C)C(=NC)N(CCCCNC(=O)CO[C@@H]([C@@H]1OC(C(=O)O)=C[C@H](N=C(N)N)[C@H]1NC(C)=O)[C@H](O)CO)CCCCNC(=O)CO[C@@H]([C@@H]1OC(C(=O)O)=C[C@H](N=C(N)N)[C@H]1NC(C)=O)[C@H](O)CO. The highest BCUT2D eigenvalue weighted by Crippen LogP contribution is 2.28. The standard InChI is InChI=1S/C50H85N13O20/c1-6-16-76-18-20-78-22-23-79-21-19-77-17-15-62(5)50(55-4)63(13-9-7-11-56-38(70)28-80-42(34(68)26-64)44-40(58-30(2)66)32(60-48(51)52)24-36(82-44)46(72)73)14-10-8-12-57-39(71)29-81-43(35(69)27-65)45-41(59-31(3)67)33(61-49(53)54)25-37(83-45)47(74)75/h1,24-25,32-35,40-45,64-65,68-69H,7-23,26-29H2,2-5H3,(H,56,70)(H,57,71)(H,58,66)(H,59,67)(H,72,73)(H,74,75)(H4,51,52,60)(H4,53,54,61)/t32-,33-,34+,35+,40+,41+,42+,43+,44+,45+/m0/s1. The zero-order chi connectivity index (χ0) is 61.9. The molecule has 2 heterocycles. The van der Waals surface area contributed by atoms with E-state index in [0.29, 0.717) is 97.5 Å². The number of guanidine groups is 3. The second kappa shape index (κ2) is 40.2. The van der Waals surface area contributed by atoms with E-state index < -0.39 is 146 Å². The molecule has 0 aromatic carbocycles. The van der Waals surface area contributed by atoms with Crippen molar-refractivity contribution in [2.45, 2.75) is 100 Å². The highest BCUT2D eigenvalue weighted by molar-refractivity contribution is 5.86. The van der Waals surface area contributed by atoms with Crippen LogP contribution in [0.25, 0.3) is 0 Å². The van der Waals surface area contributed by atoms with Gasteiger partial charge in [-0.1, -0.05) is 5.92 Å². The van der Waals surface area contributed by atoms with Crippen LogP contribution < -0.4 is 44.2 Å². The summed E-state index contributed by atoms with van der Waals surface area (Å²) in [7, 11) is 3.47. The molecule has 33 nitrogen and oxygen atoms in total. The van der Waals surface area contributed by atoms with E-state index in [1.165, 1.54) is 13.8 Å². The molecule has 0 bridgehead atoms. The van der Waals surface area contributed by atoms with Gasteiger partial charge in [0.05, 0.1) is 83.6 Å². The van der Waals surface area contributed by atoms with E-state index in [1.807, 2.05) is 16.8 Å². The van der Waals surface area contributed by atoms with E-state index in [1.54, 1.807) is 7.05 Å². The molecule has 2 rings (SSSR count). The number of aliphatic hydroxyl groups is 4. The van der Waals surface area contributed by atoms with Gasteiger partial charge in [-0.15, -0.1) is 6.42 Å². The van der Waals surface area contributed by atoms with Crippen molar-refractivity contribution in [3.05, 3.63) is 23.7 Å². The molecule has 18 N–H and O–H groups in total. The second-order valence-electron chi connectivity index (χ2n) is 18.6. The number of aliphatic imine (C=N–C) groups is 3. The van der Waals surface area contributed by atoms with E-state index in [9.17, 15) is 59.4 Å². The number of carbonyl (C=O) groups excluding carboxylic acids is 4. The molecule has 0 aromatic heterocycles. The van der Waals surface area contributed by atoms with Gasteiger partial charge in [0.15, 0.2) is 30.1 Å². The maximum Gasteiger partial charge on any atom is 0.370 e. The molecule has 0 spiro atoms. The number of unbranched alkanes of at least 4 members (excludes halogenated alkanes) is 2. The van der Waals surface area contributed by atoms with Gasteiger partial charge in [-0.25, -0.2) is 19.6 Å². The molecule has 0 radical (unpaired) electrons. The second-order valence-corrected chi connectivity index (χ2v) is 18.6. The summed E-state index contributed by atoms with van der Waals surface area (Å²) in [5, 5.41) is 71.5. The minimum absolute atomic E-state index is 0.160. The average Bonchev–Trinajstić information content (AvgIpc) is 3.46. The van der Waals surface area contributed by atoms with Crippen molar-refractivity contribution in [3.8, 4) is 12.3 Å². The maximum absolute atomic E-state index is 13.1. The number of likely N-dealkylation sites (N-methyl/N-ethyl adjacent to an activating group) is 1. The first-order chi connectivity index (χ1) is 39.6. The van der Waals surface area contributed by atoms with Crippen molar-refractivity contribution in [1.82, 2.24) is 31.1 Å². The third-order valence-corrected chi connectivity index (χ3v) is 12.0. The summed E-state index contributed by atoms with van der Waals surface area (Å²) >= 11 is 0. The Morgan fingerprint density at radius 3 is 1.41 bits per heavy atom. The number of terminal acetylenes is 1. The Hall–Kier alpha value is -7.13. The lowest BCUT2D eigenvalue weighted by Crippen LogP contribution is -2.60. The Morgan fingerprint density at radius 1 is 0.663 bits per heavy atom. The van der Waals surface area contributed by atoms with Gasteiger partial charge in [-0.2, -0.15) is 0 Å². The molecule has 0 saturated carbocycles. The van der Waals surface area contributed by atoms with Crippen LogP contribution in [0.4, 0.5) is 0 Å². The number of aliphatic hydroxyl groups excluding tert-OH is 4. The Bertz CT molecular complexity index is 2110. The van der Waals surface area contributed by atoms with Crippen molar-refractivity contribution in [2.24, 2.45) is 37.9 Å². The zero-order valence-electron chi connectivity index (χ0n) is 47.3. The smallest absolute Gasteiger partial charge is 0.370 e. The first kappa shape index (κ1) is 72.0. The maximum atomic E-state index is 13.1. The average molecular weight is 1190 g/mol. The summed E-state index contributed by atoms with van der Waals surface area (Å²) in [4.78, 5) is 91.1. The van der Waals surface area contributed by atoms with Gasteiger partial charge in [0.1, 0.15) is 44.2 Å². The summed E-state index contributed by atoms with van der Waals surface area (Å²) in [6.45, 7) is 3.53. The number of nitrogens with zero attached hydrogens (tertiary/aromatic N) is 5. The van der Waals surface area contributed by atoms with Crippen molar-refractivity contribution >= 4 is 53.4 Å². The summed E-state index contributed by atoms with van der Waals surface area (Å²) in [6, 6.07) is -4.83.